The SMILES string of the molecule is C=CCn1c(=O)c2cnc(Nc3cc4c5c(c3)CN(C)CC5(C)CCC4)nc2n1-c1ccc2c(n1)C(C)(O)CCC2. The number of rotatable bonds is 5. The normalized spacial score (nSPS) is 23.7. The highest BCUT2D eigenvalue weighted by Gasteiger charge is 2.38. The lowest BCUT2D eigenvalue weighted by Gasteiger charge is -2.45. The van der Waals surface area contributed by atoms with Crippen LogP contribution in [0.5, 0.6) is 0 Å². The molecule has 3 aliphatic rings. The Kier molecular flexibility index (Phi) is 5.96. The number of likely N-dealkylation sites (N-methyl/N-ethyl adjacent to an activating group) is 1. The number of hydrogen-bond acceptors (Lipinski definition) is 7. The Morgan fingerprint density at radius 1 is 1.10 bits per heavy atom. The van der Waals surface area contributed by atoms with Crippen molar-refractivity contribution in [1.29, 1.82) is 0 Å². The molecule has 0 bridgehead atoms. The van der Waals surface area contributed by atoms with E-state index in [1.807, 2.05) is 19.1 Å². The van der Waals surface area contributed by atoms with Crippen LogP contribution in [0.1, 0.15) is 67.5 Å². The highest BCUT2D eigenvalue weighted by atomic mass is 16.3. The minimum Gasteiger partial charge on any atom is -0.384 e. The van der Waals surface area contributed by atoms with E-state index >= 15 is 0 Å². The molecule has 0 fully saturated rings. The Balaban J connectivity index is 1.34. The van der Waals surface area contributed by atoms with Crippen LogP contribution in [0.3, 0.4) is 0 Å². The fraction of sp³-hybridized carbons (Fsp3) is 0.438. The summed E-state index contributed by atoms with van der Waals surface area (Å²) in [6.45, 7) is 10.4. The summed E-state index contributed by atoms with van der Waals surface area (Å²) in [6, 6.07) is 8.38. The van der Waals surface area contributed by atoms with E-state index in [1.165, 1.54) is 29.5 Å². The molecular formula is C32H37N7O2. The third-order valence-electron chi connectivity index (χ3n) is 9.17. The number of anilines is 2. The summed E-state index contributed by atoms with van der Waals surface area (Å²) in [5, 5.41) is 14.9. The molecule has 212 valence electrons. The molecule has 9 heteroatoms. The molecule has 0 spiro atoms. The zero-order chi connectivity index (χ0) is 28.5. The van der Waals surface area contributed by atoms with Gasteiger partial charge < -0.3 is 15.3 Å². The second kappa shape index (κ2) is 9.36. The molecule has 4 heterocycles. The minimum atomic E-state index is -1.02. The van der Waals surface area contributed by atoms with Crippen LogP contribution in [0.25, 0.3) is 16.9 Å². The van der Waals surface area contributed by atoms with E-state index in [4.69, 9.17) is 9.97 Å². The molecule has 0 saturated heterocycles. The van der Waals surface area contributed by atoms with Crippen molar-refractivity contribution < 1.29 is 5.11 Å². The summed E-state index contributed by atoms with van der Waals surface area (Å²) >= 11 is 0. The molecule has 0 radical (unpaired) electrons. The number of benzene rings is 1. The van der Waals surface area contributed by atoms with Crippen LogP contribution >= 0.6 is 0 Å². The molecule has 4 aromatic rings. The van der Waals surface area contributed by atoms with Gasteiger partial charge in [0.25, 0.3) is 5.56 Å². The maximum absolute atomic E-state index is 13.5. The van der Waals surface area contributed by atoms with E-state index in [0.29, 0.717) is 34.9 Å². The van der Waals surface area contributed by atoms with Gasteiger partial charge in [-0.1, -0.05) is 19.1 Å². The molecule has 1 aromatic carbocycles. The summed E-state index contributed by atoms with van der Waals surface area (Å²) in [6.07, 6.45) is 9.19. The second-order valence-corrected chi connectivity index (χ2v) is 12.6. The minimum absolute atomic E-state index is 0.195. The first-order chi connectivity index (χ1) is 19.7. The maximum atomic E-state index is 13.5. The summed E-state index contributed by atoms with van der Waals surface area (Å²) in [5.41, 5.74) is 6.38. The van der Waals surface area contributed by atoms with Gasteiger partial charge in [-0.2, -0.15) is 4.98 Å². The zero-order valence-electron chi connectivity index (χ0n) is 24.1. The Labute approximate surface area is 239 Å². The first-order valence-corrected chi connectivity index (χ1v) is 14.6. The van der Waals surface area contributed by atoms with Crippen LogP contribution in [0.15, 0.2) is 47.9 Å². The highest BCUT2D eigenvalue weighted by molar-refractivity contribution is 5.77. The summed E-state index contributed by atoms with van der Waals surface area (Å²) in [4.78, 5) is 30.2. The van der Waals surface area contributed by atoms with Crippen molar-refractivity contribution in [2.45, 2.75) is 76.5 Å². The number of aryl methyl sites for hydroxylation is 2. The molecule has 2 N–H and O–H groups in total. The van der Waals surface area contributed by atoms with Crippen molar-refractivity contribution >= 4 is 22.7 Å². The average Bonchev–Trinajstić information content (AvgIpc) is 3.18. The lowest BCUT2D eigenvalue weighted by molar-refractivity contribution is 0.0339. The summed E-state index contributed by atoms with van der Waals surface area (Å²) in [5.74, 6) is 0.951. The molecular weight excluding hydrogens is 514 g/mol. The van der Waals surface area contributed by atoms with Gasteiger partial charge in [-0.3, -0.25) is 4.79 Å². The Hall–Kier alpha value is -3.82. The fourth-order valence-electron chi connectivity index (χ4n) is 7.57. The Morgan fingerprint density at radius 2 is 1.88 bits per heavy atom. The van der Waals surface area contributed by atoms with Crippen molar-refractivity contribution in [1.82, 2.24) is 29.2 Å². The number of aliphatic hydroxyl groups is 1. The van der Waals surface area contributed by atoms with E-state index in [-0.39, 0.29) is 17.5 Å². The highest BCUT2D eigenvalue weighted by Crippen LogP contribution is 2.44. The molecule has 0 amide bonds. The van der Waals surface area contributed by atoms with Gasteiger partial charge in [-0.05, 0) is 92.9 Å². The molecule has 2 atom stereocenters. The number of aromatic nitrogens is 5. The number of allylic oxidation sites excluding steroid dienone is 1. The van der Waals surface area contributed by atoms with Gasteiger partial charge in [-0.15, -0.1) is 6.58 Å². The predicted octanol–water partition coefficient (Wildman–Crippen LogP) is 4.49. The molecule has 2 unspecified atom stereocenters. The molecule has 41 heavy (non-hydrogen) atoms. The quantitative estimate of drug-likeness (QED) is 0.353. The van der Waals surface area contributed by atoms with Gasteiger partial charge >= 0.3 is 0 Å². The van der Waals surface area contributed by atoms with Crippen molar-refractivity contribution in [2.24, 2.45) is 0 Å². The van der Waals surface area contributed by atoms with Crippen LogP contribution in [0.4, 0.5) is 11.6 Å². The molecule has 2 aliphatic carbocycles. The fourth-order valence-corrected chi connectivity index (χ4v) is 7.57. The molecule has 1 aliphatic heterocycles. The standard InChI is InChI=1S/C32H37N7O2/c1-5-14-38-29(40)24-17-33-30(34-23-15-21-9-6-12-31(2)19-37(4)18-22(16-23)26(21)31)36-28(24)39(38)25-11-10-20-8-7-13-32(3,41)27(20)35-25/h5,10-11,15-17,41H,1,6-9,12-14,18-19H2,2-4H3,(H,33,34,36). The number of pyridine rings is 1. The van der Waals surface area contributed by atoms with Gasteiger partial charge in [0, 0.05) is 30.4 Å². The molecule has 7 rings (SSSR count). The summed E-state index contributed by atoms with van der Waals surface area (Å²) < 4.78 is 3.30. The van der Waals surface area contributed by atoms with Crippen LogP contribution in [0, 0.1) is 0 Å². The van der Waals surface area contributed by atoms with Crippen LogP contribution in [-0.4, -0.2) is 47.9 Å². The average molecular weight is 552 g/mol. The Morgan fingerprint density at radius 3 is 2.71 bits per heavy atom. The van der Waals surface area contributed by atoms with Gasteiger partial charge in [0.05, 0.1) is 12.2 Å². The third kappa shape index (κ3) is 4.21. The number of nitrogens with one attached hydrogen (secondary N) is 1. The monoisotopic (exact) mass is 551 g/mol. The second-order valence-electron chi connectivity index (χ2n) is 12.6. The van der Waals surface area contributed by atoms with Crippen LogP contribution in [0.2, 0.25) is 0 Å². The first kappa shape index (κ1) is 26.1. The summed E-state index contributed by atoms with van der Waals surface area (Å²) in [7, 11) is 2.20. The largest absolute Gasteiger partial charge is 0.384 e. The van der Waals surface area contributed by atoms with Crippen molar-refractivity contribution in [3.8, 4) is 5.82 Å². The van der Waals surface area contributed by atoms with Gasteiger partial charge in [-0.25, -0.2) is 19.3 Å². The van der Waals surface area contributed by atoms with Gasteiger partial charge in [0.2, 0.25) is 5.95 Å². The van der Waals surface area contributed by atoms with Crippen LogP contribution < -0.4 is 10.9 Å². The lowest BCUT2D eigenvalue weighted by Crippen LogP contribution is -2.44. The zero-order valence-corrected chi connectivity index (χ0v) is 24.1. The smallest absolute Gasteiger partial charge is 0.278 e. The van der Waals surface area contributed by atoms with E-state index in [1.54, 1.807) is 21.6 Å². The van der Waals surface area contributed by atoms with E-state index in [9.17, 15) is 9.90 Å². The molecule has 3 aromatic heterocycles. The predicted molar refractivity (Wildman–Crippen MR) is 160 cm³/mol. The maximum Gasteiger partial charge on any atom is 0.278 e. The number of fused-ring (bicyclic) bond motifs is 2. The number of hydrogen-bond donors (Lipinski definition) is 2. The van der Waals surface area contributed by atoms with Crippen molar-refractivity contribution in [2.75, 3.05) is 18.9 Å². The third-order valence-corrected chi connectivity index (χ3v) is 9.17. The van der Waals surface area contributed by atoms with Crippen molar-refractivity contribution in [3.63, 3.8) is 0 Å². The number of nitrogens with zero attached hydrogens (tertiary/aromatic N) is 6. The van der Waals surface area contributed by atoms with E-state index < -0.39 is 5.60 Å². The molecule has 9 nitrogen and oxygen atoms in total. The van der Waals surface area contributed by atoms with E-state index in [2.05, 4.69) is 47.9 Å². The topological polar surface area (TPSA) is 101 Å². The van der Waals surface area contributed by atoms with E-state index in [0.717, 1.165) is 43.6 Å². The van der Waals surface area contributed by atoms with Crippen LogP contribution in [-0.2, 0) is 36.9 Å². The van der Waals surface area contributed by atoms with Gasteiger partial charge in [0.15, 0.2) is 11.5 Å². The first-order valence-electron chi connectivity index (χ1n) is 14.6. The van der Waals surface area contributed by atoms with Gasteiger partial charge in [0.1, 0.15) is 11.0 Å². The van der Waals surface area contributed by atoms with Crippen molar-refractivity contribution in [3.05, 3.63) is 81.4 Å². The lowest BCUT2D eigenvalue weighted by atomic mass is 9.67. The molecule has 0 saturated carbocycles. The Bertz CT molecular complexity index is 1770.